The number of methoxy groups -OCH3 is 1. The maximum absolute atomic E-state index is 10.4. The van der Waals surface area contributed by atoms with Crippen molar-refractivity contribution in [3.63, 3.8) is 0 Å². The van der Waals surface area contributed by atoms with E-state index in [1.807, 2.05) is 57.3 Å². The number of benzene rings is 2. The van der Waals surface area contributed by atoms with Crippen molar-refractivity contribution >= 4 is 0 Å². The van der Waals surface area contributed by atoms with Crippen LogP contribution >= 0.6 is 0 Å². The number of aliphatic hydroxyl groups is 2. The van der Waals surface area contributed by atoms with Crippen molar-refractivity contribution in [1.82, 2.24) is 10.2 Å². The van der Waals surface area contributed by atoms with Gasteiger partial charge in [-0.2, -0.15) is 0 Å². The van der Waals surface area contributed by atoms with Gasteiger partial charge in [-0.05, 0) is 30.3 Å². The summed E-state index contributed by atoms with van der Waals surface area (Å²) < 4.78 is 11.3. The minimum Gasteiger partial charge on any atom is -0.493 e. The van der Waals surface area contributed by atoms with Gasteiger partial charge in [0.05, 0.1) is 7.11 Å². The van der Waals surface area contributed by atoms with Gasteiger partial charge >= 0.3 is 0 Å². The Labute approximate surface area is 180 Å². The molecule has 2 aromatic carbocycles. The number of nitrogens with zero attached hydrogens (tertiary/aromatic N) is 1. The quantitative estimate of drug-likeness (QED) is 0.466. The minimum atomic E-state index is -0.615. The van der Waals surface area contributed by atoms with E-state index in [2.05, 4.69) is 22.3 Å². The summed E-state index contributed by atoms with van der Waals surface area (Å²) in [6.07, 6.45) is -0.615. The van der Waals surface area contributed by atoms with Crippen LogP contribution in [-0.4, -0.2) is 61.7 Å². The lowest BCUT2D eigenvalue weighted by Crippen LogP contribution is -2.33. The zero-order valence-corrected chi connectivity index (χ0v) is 18.6. The van der Waals surface area contributed by atoms with Crippen molar-refractivity contribution in [3.8, 4) is 11.5 Å². The first-order valence-electron chi connectivity index (χ1n) is 10.3. The summed E-state index contributed by atoms with van der Waals surface area (Å²) in [4.78, 5) is 2.07. The first kappa shape index (κ1) is 24.2. The Hall–Kier alpha value is -2.12. The number of hydrogen-bond donors (Lipinski definition) is 3. The molecular formula is C24H36N2O4. The normalized spacial score (nSPS) is 12.8. The smallest absolute Gasteiger partial charge is 0.161 e. The average molecular weight is 417 g/mol. The second-order valence-corrected chi connectivity index (χ2v) is 8.56. The summed E-state index contributed by atoms with van der Waals surface area (Å²) in [6, 6.07) is 16.0. The molecule has 6 heteroatoms. The lowest BCUT2D eigenvalue weighted by atomic mass is 9.95. The van der Waals surface area contributed by atoms with Crippen LogP contribution in [0, 0.1) is 5.41 Å². The summed E-state index contributed by atoms with van der Waals surface area (Å²) in [5.74, 6) is 1.25. The first-order valence-corrected chi connectivity index (χ1v) is 10.3. The molecule has 3 N–H and O–H groups in total. The van der Waals surface area contributed by atoms with E-state index in [1.54, 1.807) is 7.11 Å². The predicted octanol–water partition coefficient (Wildman–Crippen LogP) is 2.67. The molecule has 0 amide bonds. The van der Waals surface area contributed by atoms with E-state index >= 15 is 0 Å². The molecule has 0 heterocycles. The fourth-order valence-electron chi connectivity index (χ4n) is 3.10. The molecule has 0 spiro atoms. The predicted molar refractivity (Wildman–Crippen MR) is 120 cm³/mol. The van der Waals surface area contributed by atoms with Crippen LogP contribution in [0.1, 0.15) is 25.0 Å². The third kappa shape index (κ3) is 8.32. The van der Waals surface area contributed by atoms with Gasteiger partial charge < -0.3 is 25.0 Å². The molecule has 0 aliphatic carbocycles. The van der Waals surface area contributed by atoms with Crippen LogP contribution in [0.5, 0.6) is 11.5 Å². The van der Waals surface area contributed by atoms with Crippen LogP contribution in [0.15, 0.2) is 48.5 Å². The maximum atomic E-state index is 10.4. The van der Waals surface area contributed by atoms with E-state index in [9.17, 15) is 10.2 Å². The summed E-state index contributed by atoms with van der Waals surface area (Å²) >= 11 is 0. The van der Waals surface area contributed by atoms with Gasteiger partial charge in [-0.25, -0.2) is 0 Å². The summed E-state index contributed by atoms with van der Waals surface area (Å²) in [5.41, 5.74) is 2.09. The van der Waals surface area contributed by atoms with Crippen LogP contribution in [0.2, 0.25) is 0 Å². The molecule has 166 valence electrons. The standard InChI is InChI=1S/C24H36N2O4/c1-24(2,18-27)17-25-13-20-10-11-22(29-4)23(12-20)30-16-21(28)15-26(3)14-19-8-6-5-7-9-19/h5-12,21,25,27-28H,13-18H2,1-4H3. The second kappa shape index (κ2) is 11.9. The largest absolute Gasteiger partial charge is 0.493 e. The molecule has 2 aromatic rings. The van der Waals surface area contributed by atoms with Crippen LogP contribution in [-0.2, 0) is 13.1 Å². The molecule has 0 aromatic heterocycles. The molecule has 1 unspecified atom stereocenters. The number of ether oxygens (including phenoxy) is 2. The van der Waals surface area contributed by atoms with Crippen LogP contribution in [0.4, 0.5) is 0 Å². The van der Waals surface area contributed by atoms with Crippen molar-refractivity contribution in [3.05, 3.63) is 59.7 Å². The Morgan fingerprint density at radius 1 is 1.07 bits per heavy atom. The van der Waals surface area contributed by atoms with Crippen LogP contribution in [0.25, 0.3) is 0 Å². The molecule has 1 atom stereocenters. The topological polar surface area (TPSA) is 74.2 Å². The number of likely N-dealkylation sites (N-methyl/N-ethyl adjacent to an activating group) is 1. The third-order valence-corrected chi connectivity index (χ3v) is 4.84. The highest BCUT2D eigenvalue weighted by Crippen LogP contribution is 2.28. The number of hydrogen-bond acceptors (Lipinski definition) is 6. The maximum Gasteiger partial charge on any atom is 0.161 e. The van der Waals surface area contributed by atoms with E-state index in [-0.39, 0.29) is 18.6 Å². The molecule has 0 fully saturated rings. The highest BCUT2D eigenvalue weighted by Gasteiger charge is 2.16. The Morgan fingerprint density at radius 3 is 2.47 bits per heavy atom. The monoisotopic (exact) mass is 416 g/mol. The van der Waals surface area contributed by atoms with Gasteiger partial charge in [0.15, 0.2) is 11.5 Å². The molecule has 0 saturated carbocycles. The number of rotatable bonds is 13. The van der Waals surface area contributed by atoms with Gasteiger partial charge in [0.25, 0.3) is 0 Å². The molecule has 0 bridgehead atoms. The third-order valence-electron chi connectivity index (χ3n) is 4.84. The lowest BCUT2D eigenvalue weighted by Gasteiger charge is -2.22. The van der Waals surface area contributed by atoms with Crippen molar-refractivity contribution in [2.45, 2.75) is 33.0 Å². The van der Waals surface area contributed by atoms with Crippen LogP contribution in [0.3, 0.4) is 0 Å². The minimum absolute atomic E-state index is 0.133. The second-order valence-electron chi connectivity index (χ2n) is 8.56. The summed E-state index contributed by atoms with van der Waals surface area (Å²) in [6.45, 7) is 6.99. The molecule has 2 rings (SSSR count). The van der Waals surface area contributed by atoms with Gasteiger partial charge in [-0.1, -0.05) is 50.2 Å². The Kier molecular flexibility index (Phi) is 9.59. The van der Waals surface area contributed by atoms with Crippen molar-refractivity contribution < 1.29 is 19.7 Å². The fourth-order valence-corrected chi connectivity index (χ4v) is 3.10. The van der Waals surface area contributed by atoms with E-state index < -0.39 is 6.10 Å². The number of aliphatic hydroxyl groups excluding tert-OH is 2. The van der Waals surface area contributed by atoms with Gasteiger partial charge in [0, 0.05) is 38.2 Å². The van der Waals surface area contributed by atoms with Gasteiger partial charge in [0.1, 0.15) is 12.7 Å². The molecule has 0 aliphatic heterocycles. The molecule has 0 saturated heterocycles. The van der Waals surface area contributed by atoms with Crippen molar-refractivity contribution in [1.29, 1.82) is 0 Å². The lowest BCUT2D eigenvalue weighted by molar-refractivity contribution is 0.0732. The molecule has 0 radical (unpaired) electrons. The van der Waals surface area contributed by atoms with Gasteiger partial charge in [-0.3, -0.25) is 4.90 Å². The number of nitrogens with one attached hydrogen (secondary N) is 1. The Bertz CT molecular complexity index is 752. The van der Waals surface area contributed by atoms with E-state index in [1.165, 1.54) is 5.56 Å². The van der Waals surface area contributed by atoms with E-state index in [0.29, 0.717) is 31.1 Å². The molecule has 0 aliphatic rings. The van der Waals surface area contributed by atoms with Crippen molar-refractivity contribution in [2.75, 3.05) is 40.5 Å². The van der Waals surface area contributed by atoms with Gasteiger partial charge in [-0.15, -0.1) is 0 Å². The highest BCUT2D eigenvalue weighted by atomic mass is 16.5. The van der Waals surface area contributed by atoms with Crippen LogP contribution < -0.4 is 14.8 Å². The molecule has 30 heavy (non-hydrogen) atoms. The summed E-state index contributed by atoms with van der Waals surface area (Å²) in [7, 11) is 3.59. The molecule has 6 nitrogen and oxygen atoms in total. The van der Waals surface area contributed by atoms with Gasteiger partial charge in [0.2, 0.25) is 0 Å². The average Bonchev–Trinajstić information content (AvgIpc) is 2.73. The van der Waals surface area contributed by atoms with E-state index in [0.717, 1.165) is 12.1 Å². The SMILES string of the molecule is COc1ccc(CNCC(C)(C)CO)cc1OCC(O)CN(C)Cc1ccccc1. The zero-order valence-electron chi connectivity index (χ0n) is 18.6. The summed E-state index contributed by atoms with van der Waals surface area (Å²) in [5, 5.41) is 23.1. The Balaban J connectivity index is 1.86. The van der Waals surface area contributed by atoms with E-state index in [4.69, 9.17) is 9.47 Å². The van der Waals surface area contributed by atoms with Crippen molar-refractivity contribution in [2.24, 2.45) is 5.41 Å². The fraction of sp³-hybridized carbons (Fsp3) is 0.500. The first-order chi connectivity index (χ1) is 14.3. The Morgan fingerprint density at radius 2 is 1.80 bits per heavy atom. The molecular weight excluding hydrogens is 380 g/mol. The zero-order chi connectivity index (χ0) is 22.0. The highest BCUT2D eigenvalue weighted by molar-refractivity contribution is 5.43.